The molecule has 0 aliphatic rings. The van der Waals surface area contributed by atoms with Crippen LogP contribution in [0.3, 0.4) is 0 Å². The number of carbonyl (C=O) groups is 1. The molecule has 0 aliphatic carbocycles. The number of hydrogen-bond acceptors (Lipinski definition) is 4. The molecule has 0 radical (unpaired) electrons. The number of nitrogens with two attached hydrogens (primary N) is 1. The topological polar surface area (TPSA) is 61.5 Å². The lowest BCUT2D eigenvalue weighted by atomic mass is 9.96. The standard InChI is InChI=1S/C9H16F3NO3/c1-6(16-5-9(10,11)12)4-8(2,13)7(14)15-3/h6H,4-5,13H2,1-3H3. The first-order valence-corrected chi connectivity index (χ1v) is 4.64. The maximum absolute atomic E-state index is 11.8. The van der Waals surface area contributed by atoms with Crippen LogP contribution in [0.5, 0.6) is 0 Å². The molecule has 16 heavy (non-hydrogen) atoms. The summed E-state index contributed by atoms with van der Waals surface area (Å²) in [5, 5.41) is 0. The molecule has 0 fully saturated rings. The minimum absolute atomic E-state index is 0.0459. The van der Waals surface area contributed by atoms with Crippen molar-refractivity contribution in [1.29, 1.82) is 0 Å². The van der Waals surface area contributed by atoms with Gasteiger partial charge in [-0.1, -0.05) is 0 Å². The second kappa shape index (κ2) is 5.49. The Morgan fingerprint density at radius 1 is 1.44 bits per heavy atom. The van der Waals surface area contributed by atoms with Crippen molar-refractivity contribution in [3.63, 3.8) is 0 Å². The molecular weight excluding hydrogens is 227 g/mol. The number of esters is 1. The molecule has 0 saturated heterocycles. The number of hydrogen-bond donors (Lipinski definition) is 1. The zero-order valence-electron chi connectivity index (χ0n) is 9.43. The van der Waals surface area contributed by atoms with Gasteiger partial charge in [-0.3, -0.25) is 4.79 Å². The molecular formula is C9H16F3NO3. The Morgan fingerprint density at radius 2 is 1.94 bits per heavy atom. The molecule has 0 aromatic rings. The van der Waals surface area contributed by atoms with E-state index in [1.807, 2.05) is 0 Å². The minimum Gasteiger partial charge on any atom is -0.468 e. The first kappa shape index (κ1) is 15.2. The second-order valence-electron chi connectivity index (χ2n) is 3.85. The van der Waals surface area contributed by atoms with Crippen molar-refractivity contribution in [1.82, 2.24) is 0 Å². The third kappa shape index (κ3) is 5.92. The highest BCUT2D eigenvalue weighted by Gasteiger charge is 2.34. The Bertz CT molecular complexity index is 241. The van der Waals surface area contributed by atoms with Gasteiger partial charge in [-0.15, -0.1) is 0 Å². The zero-order chi connectivity index (χ0) is 13.0. The number of halogens is 3. The molecule has 0 aromatic carbocycles. The van der Waals surface area contributed by atoms with Gasteiger partial charge in [-0.2, -0.15) is 13.2 Å². The zero-order valence-corrected chi connectivity index (χ0v) is 9.43. The van der Waals surface area contributed by atoms with Gasteiger partial charge in [0.25, 0.3) is 0 Å². The smallest absolute Gasteiger partial charge is 0.411 e. The third-order valence-electron chi connectivity index (χ3n) is 1.89. The SMILES string of the molecule is COC(=O)C(C)(N)CC(C)OCC(F)(F)F. The molecule has 0 aromatic heterocycles. The summed E-state index contributed by atoms with van der Waals surface area (Å²) < 4.78 is 44.4. The van der Waals surface area contributed by atoms with Crippen LogP contribution in [0, 0.1) is 0 Å². The van der Waals surface area contributed by atoms with Crippen molar-refractivity contribution in [2.45, 2.75) is 38.1 Å². The summed E-state index contributed by atoms with van der Waals surface area (Å²) in [6.45, 7) is 1.44. The average Bonchev–Trinajstić information content (AvgIpc) is 2.11. The molecule has 7 heteroatoms. The van der Waals surface area contributed by atoms with E-state index in [1.165, 1.54) is 13.8 Å². The third-order valence-corrected chi connectivity index (χ3v) is 1.89. The molecule has 0 aliphatic heterocycles. The summed E-state index contributed by atoms with van der Waals surface area (Å²) in [4.78, 5) is 11.1. The first-order chi connectivity index (χ1) is 7.08. The molecule has 0 saturated carbocycles. The lowest BCUT2D eigenvalue weighted by Gasteiger charge is -2.25. The normalized spacial score (nSPS) is 17.7. The van der Waals surface area contributed by atoms with E-state index in [0.29, 0.717) is 0 Å². The molecule has 2 unspecified atom stereocenters. The van der Waals surface area contributed by atoms with Gasteiger partial charge in [0.1, 0.15) is 12.1 Å². The maximum atomic E-state index is 11.8. The van der Waals surface area contributed by atoms with E-state index in [-0.39, 0.29) is 6.42 Å². The summed E-state index contributed by atoms with van der Waals surface area (Å²) in [6, 6.07) is 0. The van der Waals surface area contributed by atoms with E-state index in [0.717, 1.165) is 7.11 Å². The van der Waals surface area contributed by atoms with E-state index in [9.17, 15) is 18.0 Å². The number of methoxy groups -OCH3 is 1. The Morgan fingerprint density at radius 3 is 2.31 bits per heavy atom. The summed E-state index contributed by atoms with van der Waals surface area (Å²) in [5.41, 5.74) is 4.23. The lowest BCUT2D eigenvalue weighted by molar-refractivity contribution is -0.185. The average molecular weight is 243 g/mol. The van der Waals surface area contributed by atoms with Gasteiger partial charge in [0.2, 0.25) is 0 Å². The summed E-state index contributed by atoms with van der Waals surface area (Å²) in [7, 11) is 1.16. The van der Waals surface area contributed by atoms with Crippen LogP contribution in [0.15, 0.2) is 0 Å². The fourth-order valence-electron chi connectivity index (χ4n) is 1.21. The van der Waals surface area contributed by atoms with Gasteiger partial charge in [0.05, 0.1) is 13.2 Å². The van der Waals surface area contributed by atoms with E-state index in [4.69, 9.17) is 5.73 Å². The van der Waals surface area contributed by atoms with Gasteiger partial charge in [0.15, 0.2) is 0 Å². The van der Waals surface area contributed by atoms with Gasteiger partial charge in [-0.05, 0) is 13.8 Å². The molecule has 0 rings (SSSR count). The van der Waals surface area contributed by atoms with Crippen LogP contribution in [-0.2, 0) is 14.3 Å². The quantitative estimate of drug-likeness (QED) is 0.738. The molecule has 2 N–H and O–H groups in total. The molecule has 0 amide bonds. The van der Waals surface area contributed by atoms with Crippen LogP contribution in [0.25, 0.3) is 0 Å². The van der Waals surface area contributed by atoms with Crippen LogP contribution in [0.2, 0.25) is 0 Å². The van der Waals surface area contributed by atoms with E-state index >= 15 is 0 Å². The summed E-state index contributed by atoms with van der Waals surface area (Å²) in [6.07, 6.45) is -5.21. The van der Waals surface area contributed by atoms with Crippen molar-refractivity contribution < 1.29 is 27.4 Å². The number of alkyl halides is 3. The summed E-state index contributed by atoms with van der Waals surface area (Å²) >= 11 is 0. The number of ether oxygens (including phenoxy) is 2. The molecule has 4 nitrogen and oxygen atoms in total. The van der Waals surface area contributed by atoms with Crippen LogP contribution in [0.4, 0.5) is 13.2 Å². The number of carbonyl (C=O) groups excluding carboxylic acids is 1. The highest BCUT2D eigenvalue weighted by Crippen LogP contribution is 2.18. The van der Waals surface area contributed by atoms with Crippen molar-refractivity contribution in [2.75, 3.05) is 13.7 Å². The highest BCUT2D eigenvalue weighted by atomic mass is 19.4. The summed E-state index contributed by atoms with van der Waals surface area (Å²) in [5.74, 6) is -0.685. The van der Waals surface area contributed by atoms with Crippen LogP contribution in [0.1, 0.15) is 20.3 Å². The van der Waals surface area contributed by atoms with Gasteiger partial charge < -0.3 is 15.2 Å². The van der Waals surface area contributed by atoms with Crippen LogP contribution >= 0.6 is 0 Å². The van der Waals surface area contributed by atoms with Crippen molar-refractivity contribution in [2.24, 2.45) is 5.73 Å². The van der Waals surface area contributed by atoms with Crippen LogP contribution in [-0.4, -0.2) is 37.5 Å². The van der Waals surface area contributed by atoms with Crippen molar-refractivity contribution in [3.05, 3.63) is 0 Å². The molecule has 2 atom stereocenters. The van der Waals surface area contributed by atoms with Gasteiger partial charge in [-0.25, -0.2) is 0 Å². The molecule has 0 spiro atoms. The Balaban J connectivity index is 4.14. The lowest BCUT2D eigenvalue weighted by Crippen LogP contribution is -2.48. The number of rotatable bonds is 5. The first-order valence-electron chi connectivity index (χ1n) is 4.64. The fraction of sp³-hybridized carbons (Fsp3) is 0.889. The predicted octanol–water partition coefficient (Wildman–Crippen LogP) is 1.23. The fourth-order valence-corrected chi connectivity index (χ4v) is 1.21. The Kier molecular flexibility index (Phi) is 5.21. The van der Waals surface area contributed by atoms with Gasteiger partial charge >= 0.3 is 12.1 Å². The van der Waals surface area contributed by atoms with Crippen molar-refractivity contribution >= 4 is 5.97 Å². The Labute approximate surface area is 91.9 Å². The largest absolute Gasteiger partial charge is 0.468 e. The van der Waals surface area contributed by atoms with E-state index in [1.54, 1.807) is 0 Å². The van der Waals surface area contributed by atoms with Crippen molar-refractivity contribution in [3.8, 4) is 0 Å². The molecule has 0 heterocycles. The minimum atomic E-state index is -4.38. The van der Waals surface area contributed by atoms with E-state index < -0.39 is 30.4 Å². The van der Waals surface area contributed by atoms with E-state index in [2.05, 4.69) is 9.47 Å². The highest BCUT2D eigenvalue weighted by molar-refractivity contribution is 5.79. The monoisotopic (exact) mass is 243 g/mol. The van der Waals surface area contributed by atoms with Gasteiger partial charge in [0, 0.05) is 6.42 Å². The second-order valence-corrected chi connectivity index (χ2v) is 3.85. The van der Waals surface area contributed by atoms with Crippen LogP contribution < -0.4 is 5.73 Å². The Hall–Kier alpha value is -0.820. The molecule has 96 valence electrons. The maximum Gasteiger partial charge on any atom is 0.411 e. The molecule has 0 bridgehead atoms. The predicted molar refractivity (Wildman–Crippen MR) is 50.7 cm³/mol.